The van der Waals surface area contributed by atoms with Gasteiger partial charge in [0.15, 0.2) is 0 Å². The Kier molecular flexibility index (Phi) is 7.38. The molecule has 0 heterocycles. The molecule has 2 heteroatoms. The van der Waals surface area contributed by atoms with Gasteiger partial charge in [-0.2, -0.15) is 0 Å². The van der Waals surface area contributed by atoms with Crippen LogP contribution in [0.2, 0.25) is 0 Å². The molecule has 1 unspecified atom stereocenters. The predicted octanol–water partition coefficient (Wildman–Crippen LogP) is 4.39. The summed E-state index contributed by atoms with van der Waals surface area (Å²) in [6.45, 7) is 13.6. The van der Waals surface area contributed by atoms with Crippen molar-refractivity contribution in [2.75, 3.05) is 13.1 Å². The fourth-order valence-electron chi connectivity index (χ4n) is 3.26. The van der Waals surface area contributed by atoms with E-state index in [-0.39, 0.29) is 5.60 Å². The van der Waals surface area contributed by atoms with Crippen molar-refractivity contribution in [1.82, 2.24) is 5.32 Å². The summed E-state index contributed by atoms with van der Waals surface area (Å²) < 4.78 is 6.52. The molecule has 0 spiro atoms. The molecule has 0 aromatic carbocycles. The minimum absolute atomic E-state index is 0.107. The van der Waals surface area contributed by atoms with Crippen LogP contribution in [0.25, 0.3) is 0 Å². The number of rotatable bonds is 8. The SMILES string of the molecule is CCCNCC1(OC(C)CC(C)C)CCC(C)CC1. The Morgan fingerprint density at radius 3 is 2.37 bits per heavy atom. The highest BCUT2D eigenvalue weighted by atomic mass is 16.5. The van der Waals surface area contributed by atoms with E-state index in [9.17, 15) is 0 Å². The van der Waals surface area contributed by atoms with E-state index in [1.807, 2.05) is 0 Å². The van der Waals surface area contributed by atoms with E-state index in [0.29, 0.717) is 6.10 Å². The first-order valence-electron chi connectivity index (χ1n) is 8.36. The molecule has 19 heavy (non-hydrogen) atoms. The maximum Gasteiger partial charge on any atom is 0.0810 e. The Morgan fingerprint density at radius 2 is 1.84 bits per heavy atom. The summed E-state index contributed by atoms with van der Waals surface area (Å²) in [5.74, 6) is 1.60. The van der Waals surface area contributed by atoms with Crippen LogP contribution < -0.4 is 5.32 Å². The van der Waals surface area contributed by atoms with E-state index < -0.39 is 0 Å². The minimum Gasteiger partial charge on any atom is -0.371 e. The maximum absolute atomic E-state index is 6.52. The third-order valence-electron chi connectivity index (χ3n) is 4.31. The van der Waals surface area contributed by atoms with Crippen molar-refractivity contribution >= 4 is 0 Å². The fraction of sp³-hybridized carbons (Fsp3) is 1.00. The zero-order valence-corrected chi connectivity index (χ0v) is 13.8. The lowest BCUT2D eigenvalue weighted by Crippen LogP contribution is -2.47. The second-order valence-corrected chi connectivity index (χ2v) is 7.10. The summed E-state index contributed by atoms with van der Waals surface area (Å²) >= 11 is 0. The lowest BCUT2D eigenvalue weighted by Gasteiger charge is -2.42. The quantitative estimate of drug-likeness (QED) is 0.660. The Morgan fingerprint density at radius 1 is 1.21 bits per heavy atom. The summed E-state index contributed by atoms with van der Waals surface area (Å²) in [6, 6.07) is 0. The highest BCUT2D eigenvalue weighted by Crippen LogP contribution is 2.36. The van der Waals surface area contributed by atoms with Gasteiger partial charge in [0.05, 0.1) is 11.7 Å². The van der Waals surface area contributed by atoms with Gasteiger partial charge >= 0.3 is 0 Å². The van der Waals surface area contributed by atoms with E-state index in [1.165, 1.54) is 38.5 Å². The van der Waals surface area contributed by atoms with Crippen LogP contribution in [0.4, 0.5) is 0 Å². The molecule has 0 bridgehead atoms. The van der Waals surface area contributed by atoms with Gasteiger partial charge in [0, 0.05) is 6.54 Å². The van der Waals surface area contributed by atoms with Crippen LogP contribution in [0.15, 0.2) is 0 Å². The van der Waals surface area contributed by atoms with Crippen LogP contribution >= 0.6 is 0 Å². The van der Waals surface area contributed by atoms with Crippen molar-refractivity contribution in [2.24, 2.45) is 11.8 Å². The molecule has 0 aromatic heterocycles. The second-order valence-electron chi connectivity index (χ2n) is 7.10. The molecule has 2 nitrogen and oxygen atoms in total. The van der Waals surface area contributed by atoms with E-state index >= 15 is 0 Å². The second kappa shape index (κ2) is 8.26. The molecule has 1 fully saturated rings. The van der Waals surface area contributed by atoms with Gasteiger partial charge in [0.2, 0.25) is 0 Å². The van der Waals surface area contributed by atoms with Crippen molar-refractivity contribution in [3.63, 3.8) is 0 Å². The van der Waals surface area contributed by atoms with E-state index in [4.69, 9.17) is 4.74 Å². The lowest BCUT2D eigenvalue weighted by atomic mass is 9.79. The highest BCUT2D eigenvalue weighted by Gasteiger charge is 2.36. The van der Waals surface area contributed by atoms with Gasteiger partial charge in [-0.25, -0.2) is 0 Å². The van der Waals surface area contributed by atoms with Gasteiger partial charge in [-0.15, -0.1) is 0 Å². The molecule has 114 valence electrons. The maximum atomic E-state index is 6.52. The summed E-state index contributed by atoms with van der Waals surface area (Å²) in [6.07, 6.45) is 7.86. The molecule has 0 aliphatic heterocycles. The molecule has 1 aliphatic carbocycles. The largest absolute Gasteiger partial charge is 0.371 e. The van der Waals surface area contributed by atoms with Gasteiger partial charge in [0.1, 0.15) is 0 Å². The van der Waals surface area contributed by atoms with Gasteiger partial charge in [-0.05, 0) is 63.8 Å². The summed E-state index contributed by atoms with van der Waals surface area (Å²) in [7, 11) is 0. The molecule has 1 rings (SSSR count). The fourth-order valence-corrected chi connectivity index (χ4v) is 3.26. The van der Waals surface area contributed by atoms with Crippen molar-refractivity contribution in [1.29, 1.82) is 0 Å². The van der Waals surface area contributed by atoms with Crippen molar-refractivity contribution < 1.29 is 4.74 Å². The van der Waals surface area contributed by atoms with Crippen LogP contribution in [0, 0.1) is 11.8 Å². The molecular formula is C17H35NO. The summed E-state index contributed by atoms with van der Waals surface area (Å²) in [5.41, 5.74) is 0.107. The molecular weight excluding hydrogens is 234 g/mol. The van der Waals surface area contributed by atoms with Crippen LogP contribution in [0.1, 0.15) is 73.1 Å². The average molecular weight is 269 g/mol. The van der Waals surface area contributed by atoms with E-state index in [1.54, 1.807) is 0 Å². The minimum atomic E-state index is 0.107. The van der Waals surface area contributed by atoms with Crippen LogP contribution in [0.5, 0.6) is 0 Å². The Labute approximate surface area is 120 Å². The first kappa shape index (κ1) is 17.0. The lowest BCUT2D eigenvalue weighted by molar-refractivity contribution is -0.115. The van der Waals surface area contributed by atoms with E-state index in [0.717, 1.165) is 24.9 Å². The van der Waals surface area contributed by atoms with Gasteiger partial charge < -0.3 is 10.1 Å². The third-order valence-corrected chi connectivity index (χ3v) is 4.31. The monoisotopic (exact) mass is 269 g/mol. The van der Waals surface area contributed by atoms with Gasteiger partial charge in [-0.1, -0.05) is 27.7 Å². The Bertz CT molecular complexity index is 231. The molecule has 0 amide bonds. The van der Waals surface area contributed by atoms with Crippen LogP contribution in [-0.2, 0) is 4.74 Å². The molecule has 0 aromatic rings. The molecule has 1 aliphatic rings. The average Bonchev–Trinajstić information content (AvgIpc) is 2.32. The normalized spacial score (nSPS) is 29.7. The Balaban J connectivity index is 2.53. The van der Waals surface area contributed by atoms with Gasteiger partial charge in [0.25, 0.3) is 0 Å². The third kappa shape index (κ3) is 6.27. The molecule has 0 saturated heterocycles. The van der Waals surface area contributed by atoms with Crippen molar-refractivity contribution in [3.8, 4) is 0 Å². The highest BCUT2D eigenvalue weighted by molar-refractivity contribution is 4.89. The zero-order valence-electron chi connectivity index (χ0n) is 13.8. The first-order chi connectivity index (χ1) is 8.97. The van der Waals surface area contributed by atoms with Crippen LogP contribution in [0.3, 0.4) is 0 Å². The molecule has 1 N–H and O–H groups in total. The smallest absolute Gasteiger partial charge is 0.0810 e. The number of nitrogens with one attached hydrogen (secondary N) is 1. The molecule has 1 atom stereocenters. The molecule has 1 saturated carbocycles. The number of ether oxygens (including phenoxy) is 1. The summed E-state index contributed by atoms with van der Waals surface area (Å²) in [4.78, 5) is 0. The van der Waals surface area contributed by atoms with Crippen molar-refractivity contribution in [3.05, 3.63) is 0 Å². The molecule has 0 radical (unpaired) electrons. The number of hydrogen-bond donors (Lipinski definition) is 1. The first-order valence-corrected chi connectivity index (χ1v) is 8.36. The van der Waals surface area contributed by atoms with Crippen LogP contribution in [-0.4, -0.2) is 24.8 Å². The zero-order chi connectivity index (χ0) is 14.3. The topological polar surface area (TPSA) is 21.3 Å². The Hall–Kier alpha value is -0.0800. The standard InChI is InChI=1S/C17H35NO/c1-6-11-18-13-17(9-7-15(4)8-10-17)19-16(5)12-14(2)3/h14-16,18H,6-13H2,1-5H3. The van der Waals surface area contributed by atoms with Gasteiger partial charge in [-0.3, -0.25) is 0 Å². The summed E-state index contributed by atoms with van der Waals surface area (Å²) in [5, 5.41) is 3.59. The van der Waals surface area contributed by atoms with E-state index in [2.05, 4.69) is 39.9 Å². The number of hydrogen-bond acceptors (Lipinski definition) is 2. The predicted molar refractivity (Wildman–Crippen MR) is 83.5 cm³/mol. The van der Waals surface area contributed by atoms with Crippen molar-refractivity contribution in [2.45, 2.75) is 84.8 Å².